The number of non-ortho nitro benzene ring substituents is 1. The third kappa shape index (κ3) is 5.65. The number of aromatic nitrogens is 1. The van der Waals surface area contributed by atoms with Gasteiger partial charge in [0.2, 0.25) is 0 Å². The summed E-state index contributed by atoms with van der Waals surface area (Å²) in [6.45, 7) is 5.98. The van der Waals surface area contributed by atoms with Gasteiger partial charge in [-0.3, -0.25) is 20.3 Å². The van der Waals surface area contributed by atoms with Crippen LogP contribution in [0.3, 0.4) is 0 Å². The molecule has 1 aromatic heterocycles. The molecule has 0 radical (unpaired) electrons. The van der Waals surface area contributed by atoms with Crippen LogP contribution in [0.4, 0.5) is 17.1 Å². The lowest BCUT2D eigenvalue weighted by molar-refractivity contribution is -0.385. The van der Waals surface area contributed by atoms with Crippen molar-refractivity contribution in [2.24, 2.45) is 5.10 Å². The van der Waals surface area contributed by atoms with E-state index in [1.54, 1.807) is 18.3 Å². The first kappa shape index (κ1) is 25.9. The van der Waals surface area contributed by atoms with E-state index >= 15 is 0 Å². The Morgan fingerprint density at radius 3 is 2.43 bits per heavy atom. The van der Waals surface area contributed by atoms with Crippen LogP contribution < -0.4 is 10.1 Å². The van der Waals surface area contributed by atoms with Crippen molar-refractivity contribution in [3.8, 4) is 5.69 Å². The summed E-state index contributed by atoms with van der Waals surface area (Å²) in [4.78, 5) is 10.3. The molecule has 0 saturated heterocycles. The highest BCUT2D eigenvalue weighted by Crippen LogP contribution is 2.30. The molecule has 0 unspecified atom stereocenters. The Hall–Kier alpha value is -4.15. The lowest BCUT2D eigenvalue weighted by Gasteiger charge is -2.13. The fourth-order valence-electron chi connectivity index (χ4n) is 3.94. The van der Waals surface area contributed by atoms with E-state index in [9.17, 15) is 18.5 Å². The number of halogens is 1. The van der Waals surface area contributed by atoms with Gasteiger partial charge in [0.05, 0.1) is 27.5 Å². The summed E-state index contributed by atoms with van der Waals surface area (Å²) in [5.74, 6) is 0. The van der Waals surface area contributed by atoms with E-state index in [0.29, 0.717) is 0 Å². The zero-order valence-electron chi connectivity index (χ0n) is 20.3. The van der Waals surface area contributed by atoms with E-state index in [-0.39, 0.29) is 27.0 Å². The lowest BCUT2D eigenvalue weighted by Crippen LogP contribution is -2.15. The van der Waals surface area contributed by atoms with Gasteiger partial charge in [-0.25, -0.2) is 8.42 Å². The van der Waals surface area contributed by atoms with E-state index in [1.165, 1.54) is 24.3 Å². The number of nitro groups is 1. The van der Waals surface area contributed by atoms with Crippen LogP contribution in [0, 0.1) is 30.9 Å². The Balaban J connectivity index is 1.66. The molecule has 0 amide bonds. The summed E-state index contributed by atoms with van der Waals surface area (Å²) >= 11 is 6.10. The van der Waals surface area contributed by atoms with Gasteiger partial charge in [0.1, 0.15) is 4.90 Å². The number of hydrazone groups is 1. The minimum absolute atomic E-state index is 0.0638. The monoisotopic (exact) mass is 537 g/mol. The Bertz CT molecular complexity index is 1630. The van der Waals surface area contributed by atoms with Gasteiger partial charge in [-0.15, -0.1) is 0 Å². The maximum absolute atomic E-state index is 13.2. The van der Waals surface area contributed by atoms with Crippen molar-refractivity contribution < 1.29 is 13.3 Å². The average Bonchev–Trinajstić information content (AvgIpc) is 3.13. The Labute approximate surface area is 219 Å². The molecule has 3 aromatic carbocycles. The number of hydrogen-bond donors (Lipinski definition) is 2. The second-order valence-electron chi connectivity index (χ2n) is 8.39. The van der Waals surface area contributed by atoms with Crippen LogP contribution in [0.15, 0.2) is 82.8 Å². The molecule has 1 heterocycles. The zero-order chi connectivity index (χ0) is 26.7. The van der Waals surface area contributed by atoms with Gasteiger partial charge in [0, 0.05) is 34.8 Å². The first-order valence-corrected chi connectivity index (χ1v) is 13.0. The second-order valence-corrected chi connectivity index (χ2v) is 10.5. The van der Waals surface area contributed by atoms with Gasteiger partial charge in [-0.05, 0) is 62.7 Å². The minimum atomic E-state index is -4.25. The van der Waals surface area contributed by atoms with Crippen molar-refractivity contribution in [2.75, 3.05) is 10.1 Å². The molecule has 0 saturated carbocycles. The van der Waals surface area contributed by atoms with Gasteiger partial charge in [0.15, 0.2) is 0 Å². The van der Waals surface area contributed by atoms with E-state index in [1.807, 2.05) is 45.0 Å². The molecule has 4 aromatic rings. The van der Waals surface area contributed by atoms with Crippen LogP contribution in [0.2, 0.25) is 5.02 Å². The lowest BCUT2D eigenvalue weighted by atomic mass is 10.2. The largest absolute Gasteiger partial charge is 0.318 e. The number of hydrogen-bond acceptors (Lipinski definition) is 6. The number of anilines is 2. The maximum atomic E-state index is 13.2. The van der Waals surface area contributed by atoms with Crippen molar-refractivity contribution in [1.29, 1.82) is 0 Å². The molecule has 0 bridgehead atoms. The highest BCUT2D eigenvalue weighted by Gasteiger charge is 2.23. The average molecular weight is 538 g/mol. The van der Waals surface area contributed by atoms with Gasteiger partial charge < -0.3 is 4.57 Å². The second kappa shape index (κ2) is 10.5. The minimum Gasteiger partial charge on any atom is -0.318 e. The molecule has 0 aliphatic rings. The van der Waals surface area contributed by atoms with Crippen molar-refractivity contribution in [3.63, 3.8) is 0 Å². The summed E-state index contributed by atoms with van der Waals surface area (Å²) in [7, 11) is -4.25. The molecule has 11 heteroatoms. The number of sulfonamides is 1. The molecular weight excluding hydrogens is 514 g/mol. The highest BCUT2D eigenvalue weighted by molar-refractivity contribution is 7.93. The number of nitrogens with zero attached hydrogens (tertiary/aromatic N) is 3. The molecule has 9 nitrogen and oxygen atoms in total. The summed E-state index contributed by atoms with van der Waals surface area (Å²) in [5.41, 5.74) is 7.50. The molecular formula is C26H24ClN5O4S. The smallest absolute Gasteiger partial charge is 0.270 e. The maximum Gasteiger partial charge on any atom is 0.270 e. The number of aryl methyl sites for hydroxylation is 2. The van der Waals surface area contributed by atoms with Crippen LogP contribution in [0.1, 0.15) is 22.5 Å². The van der Waals surface area contributed by atoms with Gasteiger partial charge in [-0.1, -0.05) is 35.9 Å². The molecule has 0 aliphatic carbocycles. The normalized spacial score (nSPS) is 11.6. The molecule has 190 valence electrons. The molecule has 0 spiro atoms. The summed E-state index contributed by atoms with van der Waals surface area (Å²) in [6.07, 6.45) is 1.58. The standard InChI is InChI=1S/C26H24ClN5O4S/c1-17-7-6-8-21(13-17)31-18(2)14-20(19(31)3)16-28-29-25-12-11-22(32(33)34)15-26(25)37(35,36)30-24-10-5-4-9-23(24)27/h4-16,29-30H,1-3H3. The molecule has 0 fully saturated rings. The van der Waals surface area contributed by atoms with Crippen molar-refractivity contribution >= 4 is 44.9 Å². The van der Waals surface area contributed by atoms with Crippen LogP contribution in [0.25, 0.3) is 5.69 Å². The van der Waals surface area contributed by atoms with Crippen molar-refractivity contribution in [3.05, 3.63) is 110 Å². The SMILES string of the molecule is Cc1cccc(-n2c(C)cc(C=NNc3ccc([N+](=O)[O-])cc3S(=O)(=O)Nc3ccccc3Cl)c2C)c1. The van der Waals surface area contributed by atoms with Gasteiger partial charge in [0.25, 0.3) is 15.7 Å². The fourth-order valence-corrected chi connectivity index (χ4v) is 5.43. The van der Waals surface area contributed by atoms with Crippen LogP contribution in [-0.4, -0.2) is 24.1 Å². The predicted molar refractivity (Wildman–Crippen MR) is 147 cm³/mol. The number of benzene rings is 3. The fraction of sp³-hybridized carbons (Fsp3) is 0.115. The molecule has 4 rings (SSSR count). The molecule has 2 N–H and O–H groups in total. The summed E-state index contributed by atoms with van der Waals surface area (Å²) in [5, 5.41) is 15.8. The third-order valence-electron chi connectivity index (χ3n) is 5.70. The highest BCUT2D eigenvalue weighted by atomic mass is 35.5. The number of rotatable bonds is 8. The van der Waals surface area contributed by atoms with Crippen molar-refractivity contribution in [1.82, 2.24) is 4.57 Å². The molecule has 37 heavy (non-hydrogen) atoms. The van der Waals surface area contributed by atoms with E-state index < -0.39 is 14.9 Å². The summed E-state index contributed by atoms with van der Waals surface area (Å²) < 4.78 is 30.8. The Morgan fingerprint density at radius 1 is 0.973 bits per heavy atom. The Kier molecular flexibility index (Phi) is 7.33. The number of para-hydroxylation sites is 1. The number of nitro benzene ring substituents is 1. The van der Waals surface area contributed by atoms with Crippen molar-refractivity contribution in [2.45, 2.75) is 25.7 Å². The summed E-state index contributed by atoms with van der Waals surface area (Å²) in [6, 6.07) is 19.9. The van der Waals surface area contributed by atoms with E-state index in [4.69, 9.17) is 11.6 Å². The topological polar surface area (TPSA) is 119 Å². The zero-order valence-corrected chi connectivity index (χ0v) is 21.8. The first-order valence-electron chi connectivity index (χ1n) is 11.2. The van der Waals surface area contributed by atoms with Crippen LogP contribution in [-0.2, 0) is 10.0 Å². The van der Waals surface area contributed by atoms with E-state index in [2.05, 4.69) is 25.9 Å². The quantitative estimate of drug-likeness (QED) is 0.157. The van der Waals surface area contributed by atoms with Crippen LogP contribution in [0.5, 0.6) is 0 Å². The number of nitrogens with one attached hydrogen (secondary N) is 2. The van der Waals surface area contributed by atoms with Gasteiger partial charge >= 0.3 is 0 Å². The molecule has 0 aliphatic heterocycles. The predicted octanol–water partition coefficient (Wildman–Crippen LogP) is 6.21. The van der Waals surface area contributed by atoms with Gasteiger partial charge in [-0.2, -0.15) is 5.10 Å². The van der Waals surface area contributed by atoms with E-state index in [0.717, 1.165) is 34.3 Å². The Morgan fingerprint density at radius 2 is 1.73 bits per heavy atom. The molecule has 0 atom stereocenters. The first-order chi connectivity index (χ1) is 17.6. The third-order valence-corrected chi connectivity index (χ3v) is 7.44. The van der Waals surface area contributed by atoms with Crippen LogP contribution >= 0.6 is 11.6 Å².